The van der Waals surface area contributed by atoms with E-state index in [1.54, 1.807) is 44.1 Å². The van der Waals surface area contributed by atoms with Crippen LogP contribution in [0.15, 0.2) is 55.0 Å². The third kappa shape index (κ3) is 14.6. The summed E-state index contributed by atoms with van der Waals surface area (Å²) in [7, 11) is 8.90. The number of aliphatic hydroxyl groups is 3. The number of fused-ring (bicyclic) bond motifs is 9. The van der Waals surface area contributed by atoms with Gasteiger partial charge in [0, 0.05) is 83.5 Å². The van der Waals surface area contributed by atoms with E-state index < -0.39 is 114 Å². The maximum atomic E-state index is 15.2. The molecule has 3 saturated heterocycles. The molecule has 0 aliphatic carbocycles. The first-order valence-corrected chi connectivity index (χ1v) is 28.9. The van der Waals surface area contributed by atoms with Crippen LogP contribution in [0.5, 0.6) is 0 Å². The lowest BCUT2D eigenvalue weighted by Gasteiger charge is -2.52. The molecule has 0 radical (unpaired) electrons. The highest BCUT2D eigenvalue weighted by Gasteiger charge is 2.56. The second kappa shape index (κ2) is 27.6. The van der Waals surface area contributed by atoms with E-state index in [0.29, 0.717) is 63.0 Å². The third-order valence-electron chi connectivity index (χ3n) is 18.2. The van der Waals surface area contributed by atoms with Gasteiger partial charge in [-0.05, 0) is 104 Å². The Balaban J connectivity index is 1.61. The molecule has 2 aromatic rings. The number of hydrogen-bond acceptors (Lipinski definition) is 18. The Kier molecular flexibility index (Phi) is 22.6. The number of hydrazine groups is 1. The molecular weight excluding hydrogens is 1020 g/mol. The summed E-state index contributed by atoms with van der Waals surface area (Å²) in [4.78, 5) is 19.5. The number of likely N-dealkylation sites (N-methyl/N-ethyl adjacent to an activating group) is 1. The molecule has 5 aliphatic heterocycles. The molecule has 5 aliphatic rings. The Bertz CT molecular complexity index is 2280. The molecule has 0 amide bonds. The Hall–Kier alpha value is -3.64. The van der Waals surface area contributed by atoms with Crippen LogP contribution in [-0.2, 0) is 38.0 Å². The van der Waals surface area contributed by atoms with Gasteiger partial charge in [-0.2, -0.15) is 0 Å². The molecule has 6 bridgehead atoms. The zero-order valence-corrected chi connectivity index (χ0v) is 50.1. The van der Waals surface area contributed by atoms with Crippen molar-refractivity contribution in [2.24, 2.45) is 29.5 Å². The van der Waals surface area contributed by atoms with Gasteiger partial charge in [0.05, 0.1) is 53.9 Å². The van der Waals surface area contributed by atoms with E-state index in [1.165, 1.54) is 6.92 Å². The summed E-state index contributed by atoms with van der Waals surface area (Å²) in [5, 5.41) is 50.2. The van der Waals surface area contributed by atoms with E-state index in [-0.39, 0.29) is 30.9 Å². The number of nitrogens with two attached hydrogens (primary N) is 1. The molecule has 6 N–H and O–H groups in total. The van der Waals surface area contributed by atoms with Crippen molar-refractivity contribution in [3.8, 4) is 5.69 Å². The Morgan fingerprint density at radius 2 is 1.70 bits per heavy atom. The van der Waals surface area contributed by atoms with Crippen LogP contribution in [0.25, 0.3) is 5.69 Å². The Morgan fingerprint density at radius 3 is 2.30 bits per heavy atom. The maximum Gasteiger partial charge on any atom is 0.309 e. The van der Waals surface area contributed by atoms with Crippen LogP contribution in [0.1, 0.15) is 144 Å². The minimum Gasteiger partial charge on any atom is -0.459 e. The molecule has 1 aromatic heterocycles. The molecule has 20 atom stereocenters. The molecule has 3 unspecified atom stereocenters. The molecule has 20 heteroatoms. The first-order chi connectivity index (χ1) is 37.3. The highest BCUT2D eigenvalue weighted by molar-refractivity contribution is 5.73. The van der Waals surface area contributed by atoms with Crippen molar-refractivity contribution in [3.05, 3.63) is 66.3 Å². The van der Waals surface area contributed by atoms with Crippen LogP contribution in [0.2, 0.25) is 0 Å². The monoisotopic (exact) mass is 1110 g/mol. The number of carbonyl (C=O) groups excluding carboxylic acids is 1. The summed E-state index contributed by atoms with van der Waals surface area (Å²) in [6.45, 7) is 24.0. The SMILES string of the molecule is C=C[C@@]12C[C@@H](C)CN(C)[C@H](C)[C@@H](O)[C@](C)(O)[C@@H](CC)OC(=O)[C@H](C)[C@@H](C3C[C@@](C)(OC)[C@@H](O)[C@H](C)O3)[C@H](C)[C@H]1O[C@H]1CC(C[C@@H](C)O1)N(C)CC/C(N(C)N)=C/N[C@H](CF)[C@H](OC)c1ccc(cc1)-n1cc(nn1)C(CCC)O2. The van der Waals surface area contributed by atoms with Crippen molar-refractivity contribution in [1.29, 1.82) is 0 Å². The fraction of sp³-hybridized carbons (Fsp3) is 0.780. The molecule has 79 heavy (non-hydrogen) atoms. The van der Waals surface area contributed by atoms with Crippen LogP contribution >= 0.6 is 0 Å². The van der Waals surface area contributed by atoms with Gasteiger partial charge >= 0.3 is 5.97 Å². The van der Waals surface area contributed by atoms with Gasteiger partial charge in [0.25, 0.3) is 0 Å². The second-order valence-corrected chi connectivity index (χ2v) is 24.1. The number of carbonyl (C=O) groups is 1. The fourth-order valence-corrected chi connectivity index (χ4v) is 13.2. The number of cyclic esters (lactones) is 1. The summed E-state index contributed by atoms with van der Waals surface area (Å²) in [6, 6.07) is 6.26. The number of aromatic nitrogens is 3. The molecule has 448 valence electrons. The molecule has 19 nitrogen and oxygen atoms in total. The summed E-state index contributed by atoms with van der Waals surface area (Å²) < 4.78 is 64.3. The predicted octanol–water partition coefficient (Wildman–Crippen LogP) is 6.55. The fourth-order valence-electron chi connectivity index (χ4n) is 13.2. The van der Waals surface area contributed by atoms with Gasteiger partial charge in [-0.3, -0.25) is 4.79 Å². The standard InChI is InChI=1S/C59H99FN8O11/c1-17-20-47-46-34-68(64-63-46)42-23-21-41(22-24-42)52(73-15)45(31-60)62-32-43(67(14)61)25-26-65(12)44-27-36(5)75-50(28-44)78-55-37(6)51(48-30-57(10,74-16)54(70)40(9)76-48)38(7)56(71)77-49(18-2)58(11,72)53(69)39(8)66(13)33-35(4)29-59(55,19-3)79-47/h19,21-24,32,34-40,44-45,47-55,62,69-70,72H,3,17-18,20,25-31,33,61H2,1-2,4-16H3/b43-32-/t35-,36-,37+,38-,39-,40+,44?,45-,47?,48?,49-,50+,51+,52-,53-,54+,55-,57-,58-,59-/m1/s1. The number of methoxy groups -OCH3 is 2. The van der Waals surface area contributed by atoms with Gasteiger partial charge in [-0.1, -0.05) is 64.5 Å². The van der Waals surface area contributed by atoms with E-state index in [2.05, 4.69) is 49.8 Å². The maximum absolute atomic E-state index is 15.2. The van der Waals surface area contributed by atoms with Crippen molar-refractivity contribution < 1.29 is 57.7 Å². The Morgan fingerprint density at radius 1 is 1.00 bits per heavy atom. The van der Waals surface area contributed by atoms with Crippen LogP contribution in [0, 0.1) is 23.7 Å². The van der Waals surface area contributed by atoms with Crippen molar-refractivity contribution in [2.75, 3.05) is 55.1 Å². The molecule has 1 aromatic carbocycles. The molecule has 0 saturated carbocycles. The number of nitrogens with one attached hydrogen (secondary N) is 1. The topological polar surface area (TPSA) is 221 Å². The van der Waals surface area contributed by atoms with Crippen LogP contribution in [0.3, 0.4) is 0 Å². The minimum atomic E-state index is -1.84. The zero-order chi connectivity index (χ0) is 58.3. The summed E-state index contributed by atoms with van der Waals surface area (Å²) in [5.41, 5.74) is -1.47. The van der Waals surface area contributed by atoms with Gasteiger partial charge in [-0.15, -0.1) is 11.7 Å². The van der Waals surface area contributed by atoms with Crippen molar-refractivity contribution in [2.45, 2.75) is 217 Å². The summed E-state index contributed by atoms with van der Waals surface area (Å²) in [5.74, 6) is 3.43. The second-order valence-electron chi connectivity index (χ2n) is 24.1. The lowest BCUT2D eigenvalue weighted by molar-refractivity contribution is -0.282. The summed E-state index contributed by atoms with van der Waals surface area (Å²) >= 11 is 0. The lowest BCUT2D eigenvalue weighted by atomic mass is 9.68. The number of ether oxygens (including phenoxy) is 7. The van der Waals surface area contributed by atoms with E-state index >= 15 is 4.79 Å². The van der Waals surface area contributed by atoms with Gasteiger partial charge in [0.1, 0.15) is 54.1 Å². The van der Waals surface area contributed by atoms with E-state index in [9.17, 15) is 19.7 Å². The quantitative estimate of drug-likeness (QED) is 0.0778. The highest BCUT2D eigenvalue weighted by Crippen LogP contribution is 2.48. The number of esters is 1. The van der Waals surface area contributed by atoms with Gasteiger partial charge in [0.2, 0.25) is 0 Å². The first kappa shape index (κ1) is 64.5. The van der Waals surface area contributed by atoms with Crippen LogP contribution in [0.4, 0.5) is 4.39 Å². The normalized spacial score (nSPS) is 41.1. The molecule has 3 fully saturated rings. The average molecular weight is 1120 g/mol. The largest absolute Gasteiger partial charge is 0.459 e. The average Bonchev–Trinajstić information content (AvgIpc) is 3.98. The third-order valence-corrected chi connectivity index (χ3v) is 18.2. The molecule has 0 spiro atoms. The number of alkyl halides is 1. The first-order valence-electron chi connectivity index (χ1n) is 28.9. The molecule has 6 heterocycles. The van der Waals surface area contributed by atoms with E-state index in [4.69, 9.17) is 44.1 Å². The number of benzene rings is 1. The van der Waals surface area contributed by atoms with Crippen molar-refractivity contribution in [1.82, 2.24) is 35.1 Å². The minimum absolute atomic E-state index is 0.0261. The van der Waals surface area contributed by atoms with Gasteiger partial charge in [0.15, 0.2) is 6.29 Å². The highest BCUT2D eigenvalue weighted by atomic mass is 19.1. The molecule has 7 rings (SSSR count). The number of halogens is 1. The number of rotatable bonds is 9. The van der Waals surface area contributed by atoms with Crippen LogP contribution < -0.4 is 11.2 Å². The smallest absolute Gasteiger partial charge is 0.309 e. The summed E-state index contributed by atoms with van der Waals surface area (Å²) in [6.07, 6.45) is 1.16. The Labute approximate surface area is 470 Å². The lowest BCUT2D eigenvalue weighted by Crippen LogP contribution is -2.61. The van der Waals surface area contributed by atoms with Crippen molar-refractivity contribution in [3.63, 3.8) is 0 Å². The number of nitrogens with zero attached hydrogens (tertiary/aromatic N) is 6. The van der Waals surface area contributed by atoms with Gasteiger partial charge < -0.3 is 68.6 Å². The number of hydrogen-bond donors (Lipinski definition) is 5. The van der Waals surface area contributed by atoms with Gasteiger partial charge in [-0.25, -0.2) is 14.9 Å². The van der Waals surface area contributed by atoms with E-state index in [0.717, 1.165) is 11.3 Å². The van der Waals surface area contributed by atoms with Crippen molar-refractivity contribution >= 4 is 5.97 Å². The zero-order valence-electron chi connectivity index (χ0n) is 50.1. The van der Waals surface area contributed by atoms with E-state index in [1.807, 2.05) is 83.1 Å². The van der Waals surface area contributed by atoms with Crippen LogP contribution in [-0.4, -0.2) is 190 Å². The number of aliphatic hydroxyl groups excluding tert-OH is 2. The predicted molar refractivity (Wildman–Crippen MR) is 300 cm³/mol. The molecular formula is C59H99FN8O11.